The number of carboxylic acid groups (broad SMARTS) is 1. The minimum Gasteiger partial charge on any atom is -0.480 e. The molecular weight excluding hydrogens is 262 g/mol. The SMILES string of the molecule is O=C(O)CNC(=O)C[C@H]1O[C@H](CO)[C@@H](O)[C@H](O)[C@@H]1O. The molecule has 0 aliphatic carbocycles. The van der Waals surface area contributed by atoms with Gasteiger partial charge < -0.3 is 35.6 Å². The number of hydrogen-bond acceptors (Lipinski definition) is 7. The van der Waals surface area contributed by atoms with Crippen LogP contribution in [0.5, 0.6) is 0 Å². The Hall–Kier alpha value is -1.26. The highest BCUT2D eigenvalue weighted by Gasteiger charge is 2.43. The van der Waals surface area contributed by atoms with E-state index in [0.29, 0.717) is 0 Å². The van der Waals surface area contributed by atoms with E-state index in [1.54, 1.807) is 0 Å². The Morgan fingerprint density at radius 3 is 2.16 bits per heavy atom. The van der Waals surface area contributed by atoms with E-state index in [9.17, 15) is 24.9 Å². The summed E-state index contributed by atoms with van der Waals surface area (Å²) in [6.45, 7) is -1.16. The van der Waals surface area contributed by atoms with Gasteiger partial charge in [-0.1, -0.05) is 0 Å². The lowest BCUT2D eigenvalue weighted by atomic mass is 9.93. The van der Waals surface area contributed by atoms with Gasteiger partial charge in [-0.25, -0.2) is 0 Å². The average molecular weight is 279 g/mol. The summed E-state index contributed by atoms with van der Waals surface area (Å²) in [5.41, 5.74) is 0. The zero-order chi connectivity index (χ0) is 14.6. The van der Waals surface area contributed by atoms with Gasteiger partial charge in [-0.3, -0.25) is 9.59 Å². The molecule has 1 rings (SSSR count). The monoisotopic (exact) mass is 279 g/mol. The van der Waals surface area contributed by atoms with Crippen molar-refractivity contribution >= 4 is 11.9 Å². The van der Waals surface area contributed by atoms with Gasteiger partial charge in [0.15, 0.2) is 0 Å². The molecule has 0 radical (unpaired) electrons. The molecule has 6 N–H and O–H groups in total. The van der Waals surface area contributed by atoms with Crippen LogP contribution in [0.25, 0.3) is 0 Å². The molecule has 9 heteroatoms. The number of carbonyl (C=O) groups is 2. The van der Waals surface area contributed by atoms with Gasteiger partial charge in [0.25, 0.3) is 0 Å². The number of hydrogen-bond donors (Lipinski definition) is 6. The number of carbonyl (C=O) groups excluding carboxylic acids is 1. The number of aliphatic hydroxyl groups is 4. The summed E-state index contributed by atoms with van der Waals surface area (Å²) < 4.78 is 5.09. The van der Waals surface area contributed by atoms with Crippen molar-refractivity contribution in [1.82, 2.24) is 5.32 Å². The second kappa shape index (κ2) is 6.78. The van der Waals surface area contributed by atoms with Crippen molar-refractivity contribution in [3.63, 3.8) is 0 Å². The number of amides is 1. The number of carboxylic acids is 1. The van der Waals surface area contributed by atoms with Crippen LogP contribution in [-0.4, -0.2) is 81.1 Å². The summed E-state index contributed by atoms with van der Waals surface area (Å²) in [7, 11) is 0. The molecule has 1 fully saturated rings. The average Bonchev–Trinajstić information content (AvgIpc) is 2.37. The highest BCUT2D eigenvalue weighted by Crippen LogP contribution is 2.22. The second-order valence-corrected chi connectivity index (χ2v) is 4.24. The molecule has 1 saturated heterocycles. The Balaban J connectivity index is 2.56. The van der Waals surface area contributed by atoms with Gasteiger partial charge in [0.1, 0.15) is 31.0 Å². The summed E-state index contributed by atoms with van der Waals surface area (Å²) >= 11 is 0. The zero-order valence-electron chi connectivity index (χ0n) is 9.97. The van der Waals surface area contributed by atoms with Crippen LogP contribution < -0.4 is 5.32 Å². The molecule has 1 aliphatic rings. The van der Waals surface area contributed by atoms with Crippen molar-refractivity contribution in [2.75, 3.05) is 13.2 Å². The van der Waals surface area contributed by atoms with E-state index in [1.807, 2.05) is 0 Å². The third-order valence-electron chi connectivity index (χ3n) is 2.81. The van der Waals surface area contributed by atoms with Gasteiger partial charge in [-0.05, 0) is 0 Å². The molecule has 0 aromatic heterocycles. The fourth-order valence-electron chi connectivity index (χ4n) is 1.78. The number of rotatable bonds is 5. The van der Waals surface area contributed by atoms with Gasteiger partial charge in [0, 0.05) is 0 Å². The van der Waals surface area contributed by atoms with E-state index in [1.165, 1.54) is 0 Å². The maximum absolute atomic E-state index is 11.4. The first-order valence-electron chi connectivity index (χ1n) is 5.65. The predicted molar refractivity (Wildman–Crippen MR) is 59.0 cm³/mol. The number of aliphatic hydroxyl groups excluding tert-OH is 4. The van der Waals surface area contributed by atoms with Crippen LogP contribution in [0, 0.1) is 0 Å². The molecule has 1 heterocycles. The Bertz CT molecular complexity index is 333. The first-order valence-corrected chi connectivity index (χ1v) is 5.65. The van der Waals surface area contributed by atoms with Crippen molar-refractivity contribution in [2.45, 2.75) is 36.9 Å². The minimum absolute atomic E-state index is 0.394. The zero-order valence-corrected chi connectivity index (χ0v) is 9.97. The number of aliphatic carboxylic acids is 1. The van der Waals surface area contributed by atoms with Crippen LogP contribution in [0.15, 0.2) is 0 Å². The Labute approximate surface area is 108 Å². The third kappa shape index (κ3) is 4.11. The smallest absolute Gasteiger partial charge is 0.322 e. The summed E-state index contributed by atoms with van der Waals surface area (Å²) in [4.78, 5) is 21.6. The molecule has 9 nitrogen and oxygen atoms in total. The van der Waals surface area contributed by atoms with Crippen molar-refractivity contribution < 1.29 is 39.9 Å². The molecule has 0 bridgehead atoms. The molecular formula is C10H17NO8. The Morgan fingerprint density at radius 1 is 1.05 bits per heavy atom. The topological polar surface area (TPSA) is 157 Å². The molecule has 0 aromatic carbocycles. The minimum atomic E-state index is -1.55. The van der Waals surface area contributed by atoms with Gasteiger partial charge in [0.2, 0.25) is 5.91 Å². The second-order valence-electron chi connectivity index (χ2n) is 4.24. The van der Waals surface area contributed by atoms with Gasteiger partial charge in [-0.15, -0.1) is 0 Å². The molecule has 0 spiro atoms. The fourth-order valence-corrected chi connectivity index (χ4v) is 1.78. The van der Waals surface area contributed by atoms with Gasteiger partial charge in [0.05, 0.1) is 19.1 Å². The first kappa shape index (κ1) is 15.8. The van der Waals surface area contributed by atoms with Crippen molar-refractivity contribution in [2.24, 2.45) is 0 Å². The third-order valence-corrected chi connectivity index (χ3v) is 2.81. The highest BCUT2D eigenvalue weighted by atomic mass is 16.5. The quantitative estimate of drug-likeness (QED) is 0.301. The largest absolute Gasteiger partial charge is 0.480 e. The molecule has 5 atom stereocenters. The standard InChI is InChI=1S/C10H17NO8/c12-3-5-9(17)10(18)8(16)4(19-5)1-6(13)11-2-7(14)15/h4-5,8-10,12,16-18H,1-3H2,(H,11,13)(H,14,15)/t4-,5-,8-,9-,10-/m1/s1. The fraction of sp³-hybridized carbons (Fsp3) is 0.800. The Kier molecular flexibility index (Phi) is 5.63. The van der Waals surface area contributed by atoms with Crippen LogP contribution in [0.2, 0.25) is 0 Å². The maximum Gasteiger partial charge on any atom is 0.322 e. The molecule has 0 saturated carbocycles. The van der Waals surface area contributed by atoms with Crippen LogP contribution >= 0.6 is 0 Å². The molecule has 1 aliphatic heterocycles. The van der Waals surface area contributed by atoms with Crippen LogP contribution in [0.1, 0.15) is 6.42 Å². The van der Waals surface area contributed by atoms with Crippen molar-refractivity contribution in [3.8, 4) is 0 Å². The van der Waals surface area contributed by atoms with E-state index >= 15 is 0 Å². The number of ether oxygens (including phenoxy) is 1. The van der Waals surface area contributed by atoms with E-state index in [2.05, 4.69) is 5.32 Å². The lowest BCUT2D eigenvalue weighted by Crippen LogP contribution is -2.59. The summed E-state index contributed by atoms with van der Waals surface area (Å²) in [5.74, 6) is -1.91. The molecule has 19 heavy (non-hydrogen) atoms. The molecule has 0 aromatic rings. The lowest BCUT2D eigenvalue weighted by Gasteiger charge is -2.39. The maximum atomic E-state index is 11.4. The summed E-state index contributed by atoms with van der Waals surface area (Å²) in [6, 6.07) is 0. The lowest BCUT2D eigenvalue weighted by molar-refractivity contribution is -0.229. The van der Waals surface area contributed by atoms with Crippen molar-refractivity contribution in [1.29, 1.82) is 0 Å². The Morgan fingerprint density at radius 2 is 1.63 bits per heavy atom. The highest BCUT2D eigenvalue weighted by molar-refractivity contribution is 5.81. The van der Waals surface area contributed by atoms with E-state index in [0.717, 1.165) is 0 Å². The van der Waals surface area contributed by atoms with Crippen LogP contribution in [0.4, 0.5) is 0 Å². The summed E-state index contributed by atoms with van der Waals surface area (Å²) in [6.07, 6.45) is -7.16. The van der Waals surface area contributed by atoms with E-state index in [-0.39, 0.29) is 0 Å². The summed E-state index contributed by atoms with van der Waals surface area (Å²) in [5, 5.41) is 48.0. The van der Waals surface area contributed by atoms with Crippen LogP contribution in [-0.2, 0) is 14.3 Å². The number of nitrogens with one attached hydrogen (secondary N) is 1. The normalized spacial score (nSPS) is 34.8. The van der Waals surface area contributed by atoms with Crippen LogP contribution in [0.3, 0.4) is 0 Å². The van der Waals surface area contributed by atoms with Gasteiger partial charge in [-0.2, -0.15) is 0 Å². The van der Waals surface area contributed by atoms with E-state index < -0.39 is 62.0 Å². The van der Waals surface area contributed by atoms with Crippen molar-refractivity contribution in [3.05, 3.63) is 0 Å². The van der Waals surface area contributed by atoms with Gasteiger partial charge >= 0.3 is 5.97 Å². The van der Waals surface area contributed by atoms with E-state index in [4.69, 9.17) is 14.9 Å². The molecule has 110 valence electrons. The first-order chi connectivity index (χ1) is 8.86. The molecule has 1 amide bonds. The predicted octanol–water partition coefficient (Wildman–Crippen LogP) is -3.58. The molecule has 0 unspecified atom stereocenters.